The first-order valence-corrected chi connectivity index (χ1v) is 5.19. The minimum absolute atomic E-state index is 0.228. The molecule has 0 atom stereocenters. The Morgan fingerprint density at radius 1 is 1.35 bits per heavy atom. The molecule has 94 valence electrons. The molecule has 0 heterocycles. The van der Waals surface area contributed by atoms with Crippen LogP contribution < -0.4 is 0 Å². The second-order valence-corrected chi connectivity index (χ2v) is 3.64. The summed E-state index contributed by atoms with van der Waals surface area (Å²) in [6.07, 6.45) is -3.34. The normalized spacial score (nSPS) is 11.3. The Kier molecular flexibility index (Phi) is 4.54. The van der Waals surface area contributed by atoms with E-state index in [1.807, 2.05) is 0 Å². The zero-order chi connectivity index (χ0) is 12.9. The van der Waals surface area contributed by atoms with Crippen molar-refractivity contribution in [2.24, 2.45) is 0 Å². The number of esters is 1. The number of carbonyl (C=O) groups is 1. The van der Waals surface area contributed by atoms with Crippen molar-refractivity contribution in [1.82, 2.24) is 0 Å². The molecule has 5 heteroatoms. The summed E-state index contributed by atoms with van der Waals surface area (Å²) in [7, 11) is 0. The predicted octanol–water partition coefficient (Wildman–Crippen LogP) is 3.20. The summed E-state index contributed by atoms with van der Waals surface area (Å²) in [6.45, 7) is 1.52. The highest BCUT2D eigenvalue weighted by Crippen LogP contribution is 2.29. The van der Waals surface area contributed by atoms with E-state index in [1.165, 1.54) is 13.0 Å². The highest BCUT2D eigenvalue weighted by molar-refractivity contribution is 5.65. The van der Waals surface area contributed by atoms with Crippen LogP contribution in [-0.2, 0) is 22.1 Å². The van der Waals surface area contributed by atoms with E-state index >= 15 is 0 Å². The van der Waals surface area contributed by atoms with Crippen molar-refractivity contribution < 1.29 is 22.7 Å². The second kappa shape index (κ2) is 5.70. The Bertz CT molecular complexity index is 386. The van der Waals surface area contributed by atoms with Gasteiger partial charge in [-0.1, -0.05) is 18.2 Å². The highest BCUT2D eigenvalue weighted by Gasteiger charge is 2.30. The standard InChI is InChI=1S/C12H13F3O2/c1-9(16)17-7-3-5-10-4-2-6-11(8-10)12(13,14)15/h2,4,6,8H,3,5,7H2,1H3. The van der Waals surface area contributed by atoms with Gasteiger partial charge in [-0.05, 0) is 24.5 Å². The molecular weight excluding hydrogens is 233 g/mol. The lowest BCUT2D eigenvalue weighted by Gasteiger charge is -2.08. The lowest BCUT2D eigenvalue weighted by Crippen LogP contribution is -2.06. The summed E-state index contributed by atoms with van der Waals surface area (Å²) < 4.78 is 41.9. The lowest BCUT2D eigenvalue weighted by molar-refractivity contribution is -0.141. The van der Waals surface area contributed by atoms with Crippen molar-refractivity contribution in [2.75, 3.05) is 6.61 Å². The fourth-order valence-electron chi connectivity index (χ4n) is 1.40. The molecule has 0 aliphatic rings. The molecule has 2 nitrogen and oxygen atoms in total. The zero-order valence-corrected chi connectivity index (χ0v) is 9.38. The predicted molar refractivity (Wildman–Crippen MR) is 56.4 cm³/mol. The van der Waals surface area contributed by atoms with Crippen molar-refractivity contribution >= 4 is 5.97 Å². The Balaban J connectivity index is 2.52. The Morgan fingerprint density at radius 2 is 2.06 bits per heavy atom. The number of aryl methyl sites for hydroxylation is 1. The van der Waals surface area contributed by atoms with Gasteiger partial charge in [0.15, 0.2) is 0 Å². The second-order valence-electron chi connectivity index (χ2n) is 3.64. The third-order valence-electron chi connectivity index (χ3n) is 2.17. The Hall–Kier alpha value is -1.52. The van der Waals surface area contributed by atoms with Gasteiger partial charge in [0.2, 0.25) is 0 Å². The van der Waals surface area contributed by atoms with Crippen LogP contribution in [0.5, 0.6) is 0 Å². The van der Waals surface area contributed by atoms with Gasteiger partial charge in [0.05, 0.1) is 12.2 Å². The van der Waals surface area contributed by atoms with Crippen molar-refractivity contribution in [2.45, 2.75) is 25.9 Å². The SMILES string of the molecule is CC(=O)OCCCc1cccc(C(F)(F)F)c1. The molecule has 0 amide bonds. The van der Waals surface area contributed by atoms with Gasteiger partial charge in [-0.3, -0.25) is 4.79 Å². The van der Waals surface area contributed by atoms with E-state index in [1.54, 1.807) is 6.07 Å². The van der Waals surface area contributed by atoms with Crippen LogP contribution in [0.15, 0.2) is 24.3 Å². The first-order chi connectivity index (χ1) is 7.89. The van der Waals surface area contributed by atoms with Crippen molar-refractivity contribution in [1.29, 1.82) is 0 Å². The van der Waals surface area contributed by atoms with Crippen molar-refractivity contribution in [3.05, 3.63) is 35.4 Å². The van der Waals surface area contributed by atoms with E-state index in [9.17, 15) is 18.0 Å². The number of carbonyl (C=O) groups excluding carboxylic acids is 1. The quantitative estimate of drug-likeness (QED) is 0.602. The Labute approximate surface area is 97.4 Å². The maximum absolute atomic E-state index is 12.4. The van der Waals surface area contributed by atoms with E-state index < -0.39 is 11.7 Å². The molecule has 17 heavy (non-hydrogen) atoms. The molecule has 1 aromatic carbocycles. The molecule has 0 aromatic heterocycles. The van der Waals surface area contributed by atoms with E-state index in [4.69, 9.17) is 4.74 Å². The van der Waals surface area contributed by atoms with Gasteiger partial charge >= 0.3 is 12.1 Å². The van der Waals surface area contributed by atoms with Gasteiger partial charge in [0.1, 0.15) is 0 Å². The first kappa shape index (κ1) is 13.5. The number of benzene rings is 1. The number of rotatable bonds is 4. The van der Waals surface area contributed by atoms with Gasteiger partial charge < -0.3 is 4.74 Å². The summed E-state index contributed by atoms with van der Waals surface area (Å²) in [5.74, 6) is -0.381. The summed E-state index contributed by atoms with van der Waals surface area (Å²) in [6, 6.07) is 5.16. The maximum Gasteiger partial charge on any atom is 0.416 e. The largest absolute Gasteiger partial charge is 0.466 e. The molecule has 0 bridgehead atoms. The van der Waals surface area contributed by atoms with Gasteiger partial charge in [0, 0.05) is 6.92 Å². The molecule has 0 saturated heterocycles. The number of ether oxygens (including phenoxy) is 1. The van der Waals surface area contributed by atoms with E-state index in [0.29, 0.717) is 18.4 Å². The topological polar surface area (TPSA) is 26.3 Å². The molecule has 0 N–H and O–H groups in total. The van der Waals surface area contributed by atoms with Crippen LogP contribution in [0, 0.1) is 0 Å². The fourth-order valence-corrected chi connectivity index (χ4v) is 1.40. The number of hydrogen-bond acceptors (Lipinski definition) is 2. The number of halogens is 3. The summed E-state index contributed by atoms with van der Waals surface area (Å²) >= 11 is 0. The minimum atomic E-state index is -4.31. The molecule has 1 rings (SSSR count). The lowest BCUT2D eigenvalue weighted by atomic mass is 10.1. The van der Waals surface area contributed by atoms with Crippen molar-refractivity contribution in [3.8, 4) is 0 Å². The summed E-state index contributed by atoms with van der Waals surface area (Å²) in [4.78, 5) is 10.5. The monoisotopic (exact) mass is 246 g/mol. The third kappa shape index (κ3) is 4.89. The van der Waals surface area contributed by atoms with E-state index in [2.05, 4.69) is 0 Å². The van der Waals surface area contributed by atoms with Crippen LogP contribution in [0.4, 0.5) is 13.2 Å². The maximum atomic E-state index is 12.4. The van der Waals surface area contributed by atoms with Crippen LogP contribution in [0.1, 0.15) is 24.5 Å². The van der Waals surface area contributed by atoms with Gasteiger partial charge in [-0.2, -0.15) is 13.2 Å². The Morgan fingerprint density at radius 3 is 2.65 bits per heavy atom. The van der Waals surface area contributed by atoms with Crippen LogP contribution in [0.3, 0.4) is 0 Å². The molecule has 0 fully saturated rings. The first-order valence-electron chi connectivity index (χ1n) is 5.19. The van der Waals surface area contributed by atoms with Crippen molar-refractivity contribution in [3.63, 3.8) is 0 Å². The van der Waals surface area contributed by atoms with E-state index in [0.717, 1.165) is 12.1 Å². The number of alkyl halides is 3. The molecule has 0 radical (unpaired) electrons. The number of hydrogen-bond donors (Lipinski definition) is 0. The van der Waals surface area contributed by atoms with Gasteiger partial charge in [-0.25, -0.2) is 0 Å². The average Bonchev–Trinajstić information content (AvgIpc) is 2.23. The highest BCUT2D eigenvalue weighted by atomic mass is 19.4. The molecule has 0 spiro atoms. The molecular formula is C12H13F3O2. The molecule has 0 aliphatic heterocycles. The summed E-state index contributed by atoms with van der Waals surface area (Å²) in [5.41, 5.74) is -0.0607. The van der Waals surface area contributed by atoms with Crippen LogP contribution in [-0.4, -0.2) is 12.6 Å². The van der Waals surface area contributed by atoms with E-state index in [-0.39, 0.29) is 12.6 Å². The minimum Gasteiger partial charge on any atom is -0.466 e. The van der Waals surface area contributed by atoms with Gasteiger partial charge in [-0.15, -0.1) is 0 Å². The molecule has 0 aliphatic carbocycles. The van der Waals surface area contributed by atoms with Gasteiger partial charge in [0.25, 0.3) is 0 Å². The zero-order valence-electron chi connectivity index (χ0n) is 9.38. The average molecular weight is 246 g/mol. The van der Waals surface area contributed by atoms with Crippen LogP contribution in [0.25, 0.3) is 0 Å². The summed E-state index contributed by atoms with van der Waals surface area (Å²) in [5, 5.41) is 0. The fraction of sp³-hybridized carbons (Fsp3) is 0.417. The smallest absolute Gasteiger partial charge is 0.416 e. The van der Waals surface area contributed by atoms with Crippen LogP contribution >= 0.6 is 0 Å². The third-order valence-corrected chi connectivity index (χ3v) is 2.17. The molecule has 0 unspecified atom stereocenters. The van der Waals surface area contributed by atoms with Crippen LogP contribution in [0.2, 0.25) is 0 Å². The molecule has 0 saturated carbocycles. The molecule has 1 aromatic rings.